The van der Waals surface area contributed by atoms with Crippen LogP contribution in [0.3, 0.4) is 0 Å². The molecule has 0 saturated carbocycles. The molecule has 0 N–H and O–H groups in total. The summed E-state index contributed by atoms with van der Waals surface area (Å²) in [4.78, 5) is 9.83. The molecule has 8 heteroatoms. The zero-order chi connectivity index (χ0) is 48.3. The van der Waals surface area contributed by atoms with Crippen molar-refractivity contribution >= 4 is 60.2 Å². The maximum Gasteiger partial charge on any atom is 0 e. The molecule has 1 radical (unpaired) electrons. The maximum absolute atomic E-state index is 15.1. The van der Waals surface area contributed by atoms with Crippen LogP contribution in [0.1, 0.15) is 64.1 Å². The van der Waals surface area contributed by atoms with Crippen molar-refractivity contribution in [2.75, 3.05) is 0 Å². The first kappa shape index (κ1) is 47.5. The molecule has 345 valence electrons. The van der Waals surface area contributed by atoms with E-state index in [-0.39, 0.29) is 37.2 Å². The molecule has 0 aliphatic rings. The van der Waals surface area contributed by atoms with Gasteiger partial charge in [-0.25, -0.2) is 8.78 Å². The summed E-state index contributed by atoms with van der Waals surface area (Å²) < 4.78 is 43.6. The van der Waals surface area contributed by atoms with Gasteiger partial charge in [0.05, 0.1) is 22.5 Å². The molecule has 0 unspecified atom stereocenters. The maximum atomic E-state index is 15.1. The van der Waals surface area contributed by atoms with Crippen molar-refractivity contribution in [3.05, 3.63) is 192 Å². The monoisotopic (exact) mass is 1160 g/mol. The number of benzene rings is 7. The third kappa shape index (κ3) is 9.56. The zero-order valence-corrected chi connectivity index (χ0v) is 45.5. The molecule has 0 atom stereocenters. The number of pyridine rings is 1. The van der Waals surface area contributed by atoms with Gasteiger partial charge < -0.3 is 4.57 Å². The standard InChI is InChI=1S/C43H33F2N2S.C17H22GeN.Ir/c1-25-21-29(22-26(2)39(25)45)28-17-19-32-33-14-9-15-34(41(33)48-38(32)23-28)42-46-36-20-18-30(44)24-37(36)47(42)40-31(27-11-7-6-8-12-27)13-10-16-35(40)43(3,4)5;1-13(2)15-11-17(14-9-7-6-8-10-14)19-12-16(15)18(3,4)5;/h6-14,16-24H,1-5H3;6-9,11-13H,1-5H3;/q2*-1;/i;13D;. The summed E-state index contributed by atoms with van der Waals surface area (Å²) in [5.74, 6) is 6.69. The fourth-order valence-corrected chi connectivity index (χ4v) is 13.6. The predicted molar refractivity (Wildman–Crippen MR) is 283 cm³/mol. The molecule has 3 nitrogen and oxygen atoms in total. The topological polar surface area (TPSA) is 30.7 Å². The van der Waals surface area contributed by atoms with E-state index < -0.39 is 19.2 Å². The average Bonchev–Trinajstić information content (AvgIpc) is 3.88. The molecular formula is C60H55F2GeIrN3S-2. The van der Waals surface area contributed by atoms with Crippen LogP contribution in [0.4, 0.5) is 8.78 Å². The minimum Gasteiger partial charge on any atom is 0 e. The normalized spacial score (nSPS) is 12.2. The summed E-state index contributed by atoms with van der Waals surface area (Å²) in [6, 6.07) is 52.6. The molecule has 0 bridgehead atoms. The van der Waals surface area contributed by atoms with Gasteiger partial charge in [0.1, 0.15) is 11.6 Å². The predicted octanol–water partition coefficient (Wildman–Crippen LogP) is 16.6. The number of halogens is 2. The van der Waals surface area contributed by atoms with E-state index in [1.54, 1.807) is 23.5 Å². The molecule has 10 rings (SSSR count). The van der Waals surface area contributed by atoms with Gasteiger partial charge in [-0.2, -0.15) is 11.3 Å². The number of nitrogens with zero attached hydrogens (tertiary/aromatic N) is 3. The molecule has 0 aliphatic carbocycles. The summed E-state index contributed by atoms with van der Waals surface area (Å²) in [6.45, 7) is 14.2. The van der Waals surface area contributed by atoms with Crippen LogP contribution >= 0.6 is 11.3 Å². The van der Waals surface area contributed by atoms with Gasteiger partial charge in [-0.05, 0) is 99.1 Å². The van der Waals surface area contributed by atoms with Gasteiger partial charge in [-0.15, -0.1) is 18.2 Å². The number of aryl methyl sites for hydroxylation is 2. The molecule has 10 aromatic rings. The van der Waals surface area contributed by atoms with Crippen molar-refractivity contribution in [2.45, 2.75) is 77.0 Å². The minimum absolute atomic E-state index is 0. The summed E-state index contributed by atoms with van der Waals surface area (Å²) >= 11 is -0.328. The van der Waals surface area contributed by atoms with Gasteiger partial charge in [0.25, 0.3) is 0 Å². The Balaban J connectivity index is 0.000000257. The Morgan fingerprint density at radius 2 is 1.47 bits per heavy atom. The first-order chi connectivity index (χ1) is 32.3. The van der Waals surface area contributed by atoms with Crippen LogP contribution in [0.25, 0.3) is 81.8 Å². The van der Waals surface area contributed by atoms with E-state index in [9.17, 15) is 4.39 Å². The quantitative estimate of drug-likeness (QED) is 0.118. The van der Waals surface area contributed by atoms with Crippen LogP contribution in [0, 0.1) is 37.6 Å². The first-order valence-electron chi connectivity index (χ1n) is 23.3. The third-order valence-corrected chi connectivity index (χ3v) is 17.8. The Hall–Kier alpha value is -5.57. The second-order valence-electron chi connectivity index (χ2n) is 19.7. The van der Waals surface area contributed by atoms with Crippen molar-refractivity contribution in [3.63, 3.8) is 0 Å². The van der Waals surface area contributed by atoms with Crippen molar-refractivity contribution in [2.24, 2.45) is 0 Å². The van der Waals surface area contributed by atoms with Gasteiger partial charge in [0, 0.05) is 30.4 Å². The van der Waals surface area contributed by atoms with Gasteiger partial charge in [-0.3, -0.25) is 4.98 Å². The van der Waals surface area contributed by atoms with Crippen LogP contribution in [0.2, 0.25) is 17.3 Å². The van der Waals surface area contributed by atoms with Crippen LogP contribution < -0.4 is 4.40 Å². The number of imidazole rings is 1. The fraction of sp³-hybridized carbons (Fsp3) is 0.200. The number of rotatable bonds is 7. The van der Waals surface area contributed by atoms with E-state index in [2.05, 4.69) is 120 Å². The van der Waals surface area contributed by atoms with Crippen molar-refractivity contribution in [3.8, 4) is 50.6 Å². The second-order valence-corrected chi connectivity index (χ2v) is 31.3. The Kier molecular flexibility index (Phi) is 13.6. The number of thiophene rings is 1. The number of aromatic nitrogens is 3. The molecule has 0 aliphatic heterocycles. The molecule has 0 spiro atoms. The average molecular weight is 1150 g/mol. The molecule has 3 aromatic heterocycles. The molecule has 7 aromatic carbocycles. The number of hydrogen-bond acceptors (Lipinski definition) is 3. The third-order valence-electron chi connectivity index (χ3n) is 12.4. The second kappa shape index (κ2) is 19.4. The Morgan fingerprint density at radius 3 is 2.15 bits per heavy atom. The van der Waals surface area contributed by atoms with Gasteiger partial charge >= 0.3 is 120 Å². The fourth-order valence-electron chi connectivity index (χ4n) is 9.05. The minimum atomic E-state index is -2.03. The van der Waals surface area contributed by atoms with Gasteiger partial charge in [0.15, 0.2) is 0 Å². The van der Waals surface area contributed by atoms with E-state index in [1.165, 1.54) is 10.5 Å². The van der Waals surface area contributed by atoms with E-state index in [0.717, 1.165) is 76.1 Å². The molecular weight excluding hydrogens is 1100 g/mol. The van der Waals surface area contributed by atoms with Crippen LogP contribution in [-0.2, 0) is 25.5 Å². The summed E-state index contributed by atoms with van der Waals surface area (Å²) in [5, 5.41) is 2.25. The molecule has 0 fully saturated rings. The van der Waals surface area contributed by atoms with Crippen LogP contribution in [-0.4, -0.2) is 27.8 Å². The van der Waals surface area contributed by atoms with E-state index in [0.29, 0.717) is 28.0 Å². The van der Waals surface area contributed by atoms with Crippen molar-refractivity contribution in [1.29, 1.82) is 0 Å². The van der Waals surface area contributed by atoms with Crippen molar-refractivity contribution < 1.29 is 30.3 Å². The molecule has 68 heavy (non-hydrogen) atoms. The SMILES string of the molecule is Cc1cc(-c2ccc3c(c2)sc2c(-c4nc5ccc(F)cc5n4-c4c(-c5ccccc5)cccc4C(C)(C)C)[c-]ccc23)cc(C)c1F.[2H]C(C)(C)c1cc(-c2[c-]cccc2)nc[c]1[Ge]([CH3])([CH3])[CH3].[Ir]. The summed E-state index contributed by atoms with van der Waals surface area (Å²) in [7, 11) is 0. The smallest absolute Gasteiger partial charge is 0 e. The number of hydrogen-bond donors (Lipinski definition) is 0. The van der Waals surface area contributed by atoms with Gasteiger partial charge in [-0.1, -0.05) is 92.4 Å². The first-order valence-corrected chi connectivity index (χ1v) is 30.9. The zero-order valence-electron chi connectivity index (χ0n) is 41.2. The number of fused-ring (bicyclic) bond motifs is 4. The number of para-hydroxylation sites is 1. The Bertz CT molecular complexity index is 3490. The molecule has 3 heterocycles. The Labute approximate surface area is 421 Å². The van der Waals surface area contributed by atoms with E-state index in [4.69, 9.17) is 6.35 Å². The largest absolute Gasteiger partial charge is 0 e. The molecule has 0 amide bonds. The van der Waals surface area contributed by atoms with E-state index >= 15 is 4.39 Å². The molecule has 0 saturated heterocycles. The van der Waals surface area contributed by atoms with Crippen LogP contribution in [0.5, 0.6) is 0 Å². The van der Waals surface area contributed by atoms with E-state index in [1.807, 2.05) is 94.6 Å². The van der Waals surface area contributed by atoms with Gasteiger partial charge in [0.2, 0.25) is 0 Å². The summed E-state index contributed by atoms with van der Waals surface area (Å²) in [6.07, 6.45) is 2.00. The van der Waals surface area contributed by atoms with Crippen LogP contribution in [0.15, 0.2) is 146 Å². The Morgan fingerprint density at radius 1 is 0.735 bits per heavy atom. The summed E-state index contributed by atoms with van der Waals surface area (Å²) in [5.41, 5.74) is 12.6. The van der Waals surface area contributed by atoms with Crippen molar-refractivity contribution in [1.82, 2.24) is 14.5 Å².